The molecule has 0 saturated heterocycles. The Bertz CT molecular complexity index is 97.9. The van der Waals surface area contributed by atoms with Crippen LogP contribution in [0.4, 0.5) is 13.2 Å². The van der Waals surface area contributed by atoms with E-state index in [2.05, 4.69) is 2.81 Å². The third-order valence-corrected chi connectivity index (χ3v) is 0.959. The van der Waals surface area contributed by atoms with E-state index in [1.54, 1.807) is 0 Å². The molecule has 0 aromatic carbocycles. The van der Waals surface area contributed by atoms with E-state index in [4.69, 9.17) is 0 Å². The first-order chi connectivity index (χ1) is 3.48. The second-order valence-corrected chi connectivity index (χ2v) is 1.59. The van der Waals surface area contributed by atoms with Gasteiger partial charge in [0.2, 0.25) is 0 Å². The van der Waals surface area contributed by atoms with Gasteiger partial charge in [-0.25, -0.2) is 0 Å². The van der Waals surface area contributed by atoms with Crippen molar-refractivity contribution >= 4 is 31.1 Å². The molecule has 6 heteroatoms. The molecule has 2 radical (unpaired) electrons. The molecule has 2 nitrogen and oxygen atoms in total. The monoisotopic (exact) mass is 322 g/mol. The first-order valence-corrected chi connectivity index (χ1v) is 2.83. The maximum atomic E-state index is 11.0. The molecule has 0 N–H and O–H groups in total. The van der Waals surface area contributed by atoms with Crippen molar-refractivity contribution in [3.8, 4) is 0 Å². The van der Waals surface area contributed by atoms with Crippen molar-refractivity contribution in [2.24, 2.45) is 0 Å². The van der Waals surface area contributed by atoms with Gasteiger partial charge < -0.3 is 0 Å². The second-order valence-electron chi connectivity index (χ2n) is 0.877. The number of rotatable bonds is 0. The van der Waals surface area contributed by atoms with E-state index in [0.29, 0.717) is 0 Å². The van der Waals surface area contributed by atoms with Gasteiger partial charge in [0.15, 0.2) is 0 Å². The molecule has 0 amide bonds. The Morgan fingerprint density at radius 3 is 1.88 bits per heavy atom. The fraction of sp³-hybridized carbons (Fsp3) is 0.500. The summed E-state index contributed by atoms with van der Waals surface area (Å²) in [7, 11) is 0. The average molecular weight is 322 g/mol. The number of carbonyl (C=O) groups is 1. The van der Waals surface area contributed by atoms with E-state index in [1.165, 1.54) is 0 Å². The summed E-state index contributed by atoms with van der Waals surface area (Å²) < 4.78 is 36.4. The Morgan fingerprint density at radius 1 is 1.50 bits per heavy atom. The van der Waals surface area contributed by atoms with Gasteiger partial charge in [0, 0.05) is 0 Å². The fourth-order valence-electron chi connectivity index (χ4n) is 0.0518. The van der Waals surface area contributed by atoms with Crippen LogP contribution in [0.2, 0.25) is 0 Å². The van der Waals surface area contributed by atoms with Crippen LogP contribution in [-0.2, 0) is 7.61 Å². The van der Waals surface area contributed by atoms with Crippen molar-refractivity contribution < 1.29 is 20.8 Å². The van der Waals surface area contributed by atoms with Gasteiger partial charge in [0.25, 0.3) is 0 Å². The zero-order chi connectivity index (χ0) is 6.78. The van der Waals surface area contributed by atoms with Crippen molar-refractivity contribution in [3.63, 3.8) is 0 Å². The molecule has 0 aromatic rings. The van der Waals surface area contributed by atoms with Gasteiger partial charge in [-0.05, 0) is 0 Å². The zero-order valence-electron chi connectivity index (χ0n) is 3.40. The number of hydrogen-bond acceptors (Lipinski definition) is 2. The maximum absolute atomic E-state index is 11.0. The fourth-order valence-corrected chi connectivity index (χ4v) is 0.454. The molecule has 0 unspecified atom stereocenters. The van der Waals surface area contributed by atoms with E-state index >= 15 is 0 Å². The summed E-state index contributed by atoms with van der Waals surface area (Å²) in [6.07, 6.45) is -4.82. The van der Waals surface area contributed by atoms with Crippen molar-refractivity contribution in [2.75, 3.05) is 0 Å². The van der Waals surface area contributed by atoms with Gasteiger partial charge in [-0.2, -0.15) is 0 Å². The molecule has 0 bridgehead atoms. The summed E-state index contributed by atoms with van der Waals surface area (Å²) in [5.74, 6) is -2.12. The predicted octanol–water partition coefficient (Wildman–Crippen LogP) is 0.175. The molecule has 0 spiro atoms. The van der Waals surface area contributed by atoms with Crippen molar-refractivity contribution in [3.05, 3.63) is 0 Å². The molecule has 0 heterocycles. The number of carbonyl (C=O) groups excluding carboxylic acids is 1. The molecular weight excluding hydrogens is 322 g/mol. The predicted molar refractivity (Wildman–Crippen MR) is 17.9 cm³/mol. The van der Waals surface area contributed by atoms with Crippen LogP contribution in [-0.4, -0.2) is 37.3 Å². The summed E-state index contributed by atoms with van der Waals surface area (Å²) in [6, 6.07) is 0. The zero-order valence-corrected chi connectivity index (χ0v) is 6.87. The quantitative estimate of drug-likeness (QED) is 0.595. The van der Waals surface area contributed by atoms with E-state index in [-0.39, 0.29) is 25.2 Å². The third-order valence-electron chi connectivity index (χ3n) is 0.314. The first-order valence-electron chi connectivity index (χ1n) is 1.41. The Morgan fingerprint density at radius 2 is 1.88 bits per heavy atom. The molecule has 0 aliphatic heterocycles. The molecule has 0 saturated carbocycles. The van der Waals surface area contributed by atoms with Gasteiger partial charge >= 0.3 is 58.1 Å². The number of alkyl halides is 3. The molecule has 0 aromatic heterocycles. The van der Waals surface area contributed by atoms with Gasteiger partial charge in [0.05, 0.1) is 0 Å². The Balaban J connectivity index is 3.82. The summed E-state index contributed by atoms with van der Waals surface area (Å²) in [4.78, 5) is 9.51. The topological polar surface area (TPSA) is 26.3 Å². The Kier molecular flexibility index (Phi) is 2.67. The van der Waals surface area contributed by atoms with E-state index < -0.39 is 12.1 Å². The SMILES string of the molecule is O=C([O][Bi])C(F)(F)F. The Hall–Kier alpha value is 0.143. The van der Waals surface area contributed by atoms with Crippen LogP contribution in [0, 0.1) is 0 Å². The van der Waals surface area contributed by atoms with Crippen molar-refractivity contribution in [1.82, 2.24) is 0 Å². The van der Waals surface area contributed by atoms with Crippen LogP contribution in [0.1, 0.15) is 0 Å². The summed E-state index contributed by atoms with van der Waals surface area (Å²) in [5.41, 5.74) is 0. The number of hydrogen-bond donors (Lipinski definition) is 0. The van der Waals surface area contributed by atoms with E-state index in [1.807, 2.05) is 0 Å². The van der Waals surface area contributed by atoms with Crippen LogP contribution in [0.25, 0.3) is 0 Å². The standard InChI is InChI=1S/C2HF3O2.Bi/c3-2(4,5)1(6)7;/h(H,6,7);/q;+1/p-1. The average Bonchev–Trinajstić information content (AvgIpc) is 1.62. The normalized spacial score (nSPS) is 11.0. The van der Waals surface area contributed by atoms with Crippen LogP contribution >= 0.6 is 0 Å². The van der Waals surface area contributed by atoms with Crippen molar-refractivity contribution in [1.29, 1.82) is 0 Å². The van der Waals surface area contributed by atoms with Gasteiger partial charge in [0.1, 0.15) is 0 Å². The third kappa shape index (κ3) is 2.45. The second kappa shape index (κ2) is 2.62. The van der Waals surface area contributed by atoms with E-state index in [9.17, 15) is 18.0 Å². The van der Waals surface area contributed by atoms with Gasteiger partial charge in [-0.15, -0.1) is 0 Å². The summed E-state index contributed by atoms with van der Waals surface area (Å²) in [6.45, 7) is 0. The summed E-state index contributed by atoms with van der Waals surface area (Å²) in [5, 5.41) is 0. The molecule has 0 rings (SSSR count). The molecule has 0 atom stereocenters. The van der Waals surface area contributed by atoms with Gasteiger partial charge in [-0.1, -0.05) is 0 Å². The molecule has 0 aliphatic carbocycles. The minimum absolute atomic E-state index is 0.0374. The van der Waals surface area contributed by atoms with Crippen molar-refractivity contribution in [2.45, 2.75) is 6.18 Å². The molecule has 8 heavy (non-hydrogen) atoms. The van der Waals surface area contributed by atoms with Crippen LogP contribution in [0.5, 0.6) is 0 Å². The minimum atomic E-state index is -4.82. The summed E-state index contributed by atoms with van der Waals surface area (Å²) >= 11 is -0.0374. The van der Waals surface area contributed by atoms with Crippen LogP contribution in [0.3, 0.4) is 0 Å². The molecule has 46 valence electrons. The first kappa shape index (κ1) is 8.14. The molecule has 0 aliphatic rings. The van der Waals surface area contributed by atoms with Crippen LogP contribution < -0.4 is 0 Å². The van der Waals surface area contributed by atoms with Gasteiger partial charge in [-0.3, -0.25) is 0 Å². The Labute approximate surface area is 58.5 Å². The molecule has 0 fully saturated rings. The number of halogens is 3. The molecular formula is C2BiF3O2. The van der Waals surface area contributed by atoms with E-state index in [0.717, 1.165) is 0 Å². The van der Waals surface area contributed by atoms with Crippen LogP contribution in [0.15, 0.2) is 0 Å².